The Morgan fingerprint density at radius 3 is 2.43 bits per heavy atom. The van der Waals surface area contributed by atoms with Crippen molar-refractivity contribution in [2.75, 3.05) is 23.4 Å². The van der Waals surface area contributed by atoms with Crippen LogP contribution in [0.3, 0.4) is 0 Å². The molecule has 0 spiro atoms. The molecule has 1 saturated heterocycles. The summed E-state index contributed by atoms with van der Waals surface area (Å²) < 4.78 is 47.2. The third-order valence-electron chi connectivity index (χ3n) is 6.97. The quantitative estimate of drug-likeness (QED) is 0.321. The van der Waals surface area contributed by atoms with E-state index in [4.69, 9.17) is 16.0 Å². The molecule has 0 N–H and O–H groups in total. The number of benzene rings is 1. The first kappa shape index (κ1) is 27.5. The van der Waals surface area contributed by atoms with Crippen LogP contribution >= 0.6 is 11.6 Å². The Hall–Kier alpha value is -2.10. The van der Waals surface area contributed by atoms with Gasteiger partial charge in [0, 0.05) is 19.3 Å². The first-order chi connectivity index (χ1) is 16.0. The number of nitrogens with zero attached hydrogens (tertiary/aromatic N) is 3. The van der Waals surface area contributed by atoms with Gasteiger partial charge >= 0.3 is 6.18 Å². The summed E-state index contributed by atoms with van der Waals surface area (Å²) in [6, 6.07) is 8.41. The summed E-state index contributed by atoms with van der Waals surface area (Å²) in [6.07, 6.45) is -4.60. The summed E-state index contributed by atoms with van der Waals surface area (Å²) in [5.41, 5.74) is 0.785. The molecule has 0 radical (unpaired) electrons. The predicted octanol–water partition coefficient (Wildman–Crippen LogP) is 6.69. The summed E-state index contributed by atoms with van der Waals surface area (Å²) in [5.74, 6) is -0.255. The Labute approximate surface area is 211 Å². The zero-order valence-electron chi connectivity index (χ0n) is 21.2. The number of carbonyl (C=O) groups is 1. The van der Waals surface area contributed by atoms with Crippen LogP contribution in [0.4, 0.5) is 24.7 Å². The number of rotatable bonds is 5. The van der Waals surface area contributed by atoms with Crippen molar-refractivity contribution in [2.45, 2.75) is 70.6 Å². The van der Waals surface area contributed by atoms with Crippen LogP contribution in [0.15, 0.2) is 36.4 Å². The van der Waals surface area contributed by atoms with Crippen molar-refractivity contribution < 1.29 is 22.4 Å². The van der Waals surface area contributed by atoms with Gasteiger partial charge in [-0.2, -0.15) is 13.2 Å². The van der Waals surface area contributed by atoms with E-state index in [0.717, 1.165) is 17.7 Å². The van der Waals surface area contributed by atoms with Crippen molar-refractivity contribution >= 4 is 37.3 Å². The Morgan fingerprint density at radius 2 is 1.86 bits per heavy atom. The van der Waals surface area contributed by atoms with Gasteiger partial charge in [0.25, 0.3) is 5.91 Å². The number of amides is 1. The molecule has 0 aliphatic carbocycles. The fourth-order valence-electron chi connectivity index (χ4n) is 3.95. The van der Waals surface area contributed by atoms with Gasteiger partial charge in [0.1, 0.15) is 17.0 Å². The standard InChI is InChI=1S/C25H33ClF3N3O2Si/c1-16-9-8-10-18(13-16)31(5)23(33)22-19(34-35(6,7)24(2,3)4)11-12-32(22)21-15-17(25(27,28)29)14-20(26)30-21/h8-10,13-15,19,22H,11-12H2,1-7H3/t19-,22-/m0/s1. The molecule has 1 aromatic heterocycles. The molecule has 0 unspecified atom stereocenters. The lowest BCUT2D eigenvalue weighted by atomic mass is 10.1. The monoisotopic (exact) mass is 527 g/mol. The summed E-state index contributed by atoms with van der Waals surface area (Å²) >= 11 is 5.98. The Balaban J connectivity index is 2.05. The smallest absolute Gasteiger partial charge is 0.411 e. The van der Waals surface area contributed by atoms with E-state index in [1.807, 2.05) is 31.2 Å². The number of carbonyl (C=O) groups excluding carboxylic acids is 1. The summed E-state index contributed by atoms with van der Waals surface area (Å²) in [5, 5.41) is -0.379. The molecule has 192 valence electrons. The number of alkyl halides is 3. The minimum Gasteiger partial charge on any atom is -0.411 e. The maximum atomic E-state index is 13.9. The fourth-order valence-corrected chi connectivity index (χ4v) is 5.51. The zero-order chi connectivity index (χ0) is 26.3. The van der Waals surface area contributed by atoms with E-state index in [2.05, 4.69) is 38.8 Å². The first-order valence-electron chi connectivity index (χ1n) is 11.5. The van der Waals surface area contributed by atoms with Crippen molar-refractivity contribution in [2.24, 2.45) is 0 Å². The number of hydrogen-bond donors (Lipinski definition) is 0. The van der Waals surface area contributed by atoms with E-state index >= 15 is 0 Å². The topological polar surface area (TPSA) is 45.7 Å². The van der Waals surface area contributed by atoms with Crippen LogP contribution in [-0.4, -0.2) is 44.9 Å². The van der Waals surface area contributed by atoms with Crippen molar-refractivity contribution in [3.05, 3.63) is 52.7 Å². The van der Waals surface area contributed by atoms with Gasteiger partial charge in [-0.25, -0.2) is 4.98 Å². The molecular formula is C25H33ClF3N3O2Si. The van der Waals surface area contributed by atoms with Gasteiger partial charge < -0.3 is 14.2 Å². The Kier molecular flexibility index (Phi) is 7.65. The van der Waals surface area contributed by atoms with Gasteiger partial charge in [-0.3, -0.25) is 4.79 Å². The van der Waals surface area contributed by atoms with Crippen molar-refractivity contribution in [1.82, 2.24) is 4.98 Å². The molecule has 1 aliphatic rings. The number of aromatic nitrogens is 1. The molecule has 2 heterocycles. The van der Waals surface area contributed by atoms with E-state index in [-0.39, 0.29) is 21.9 Å². The van der Waals surface area contributed by atoms with Crippen LogP contribution in [0.25, 0.3) is 0 Å². The molecule has 1 aromatic carbocycles. The summed E-state index contributed by atoms with van der Waals surface area (Å²) in [6.45, 7) is 12.8. The minimum atomic E-state index is -4.59. The van der Waals surface area contributed by atoms with E-state index in [1.54, 1.807) is 11.9 Å². The maximum absolute atomic E-state index is 13.9. The van der Waals surface area contributed by atoms with Gasteiger partial charge in [-0.1, -0.05) is 44.5 Å². The van der Waals surface area contributed by atoms with Gasteiger partial charge in [-0.15, -0.1) is 0 Å². The van der Waals surface area contributed by atoms with E-state index < -0.39 is 32.2 Å². The van der Waals surface area contributed by atoms with Crippen molar-refractivity contribution in [3.63, 3.8) is 0 Å². The van der Waals surface area contributed by atoms with Crippen molar-refractivity contribution in [3.8, 4) is 0 Å². The van der Waals surface area contributed by atoms with E-state index in [0.29, 0.717) is 18.7 Å². The molecule has 0 bridgehead atoms. The second kappa shape index (κ2) is 9.75. The number of anilines is 2. The third kappa shape index (κ3) is 6.01. The Bertz CT molecular complexity index is 1090. The van der Waals surface area contributed by atoms with Crippen molar-refractivity contribution in [1.29, 1.82) is 0 Å². The first-order valence-corrected chi connectivity index (χ1v) is 14.8. The van der Waals surface area contributed by atoms with Crippen LogP contribution in [-0.2, 0) is 15.4 Å². The van der Waals surface area contributed by atoms with Gasteiger partial charge in [0.2, 0.25) is 0 Å². The number of aryl methyl sites for hydroxylation is 1. The normalized spacial score (nSPS) is 19.2. The lowest BCUT2D eigenvalue weighted by Gasteiger charge is -2.40. The van der Waals surface area contributed by atoms with Gasteiger partial charge in [0.05, 0.1) is 11.7 Å². The van der Waals surface area contributed by atoms with Crippen LogP contribution in [0.5, 0.6) is 0 Å². The lowest BCUT2D eigenvalue weighted by Crippen LogP contribution is -2.53. The highest BCUT2D eigenvalue weighted by Crippen LogP contribution is 2.41. The lowest BCUT2D eigenvalue weighted by molar-refractivity contribution is -0.137. The molecule has 1 fully saturated rings. The molecule has 5 nitrogen and oxygen atoms in total. The highest BCUT2D eigenvalue weighted by Gasteiger charge is 2.48. The number of likely N-dealkylation sites (N-methyl/N-ethyl adjacent to an activating group) is 1. The van der Waals surface area contributed by atoms with E-state index in [1.165, 1.54) is 4.90 Å². The molecule has 1 amide bonds. The SMILES string of the molecule is Cc1cccc(N(C)C(=O)[C@@H]2[C@@H](O[Si](C)(C)C(C)(C)C)CCN2c2cc(C(F)(F)F)cc(Cl)n2)c1. The summed E-state index contributed by atoms with van der Waals surface area (Å²) in [7, 11) is -0.617. The molecule has 1 aliphatic heterocycles. The third-order valence-corrected chi connectivity index (χ3v) is 11.7. The molecule has 2 aromatic rings. The minimum absolute atomic E-state index is 0.0159. The second-order valence-electron chi connectivity index (χ2n) is 10.6. The fraction of sp³-hybridized carbons (Fsp3) is 0.520. The molecule has 10 heteroatoms. The van der Waals surface area contributed by atoms with Crippen LogP contribution in [0, 0.1) is 6.92 Å². The van der Waals surface area contributed by atoms with Gasteiger partial charge in [-0.05, 0) is 61.3 Å². The zero-order valence-corrected chi connectivity index (χ0v) is 23.0. The molecular weight excluding hydrogens is 495 g/mol. The maximum Gasteiger partial charge on any atom is 0.416 e. The molecule has 2 atom stereocenters. The number of halogens is 4. The van der Waals surface area contributed by atoms with Crippen LogP contribution < -0.4 is 9.80 Å². The van der Waals surface area contributed by atoms with Gasteiger partial charge in [0.15, 0.2) is 8.32 Å². The average molecular weight is 528 g/mol. The highest BCUT2D eigenvalue weighted by atomic mass is 35.5. The number of hydrogen-bond acceptors (Lipinski definition) is 4. The molecule has 3 rings (SSSR count). The summed E-state index contributed by atoms with van der Waals surface area (Å²) in [4.78, 5) is 21.2. The predicted molar refractivity (Wildman–Crippen MR) is 137 cm³/mol. The molecule has 0 saturated carbocycles. The van der Waals surface area contributed by atoms with E-state index in [9.17, 15) is 18.0 Å². The average Bonchev–Trinajstić information content (AvgIpc) is 3.13. The molecule has 35 heavy (non-hydrogen) atoms. The van der Waals surface area contributed by atoms with Crippen LogP contribution in [0.1, 0.15) is 38.3 Å². The largest absolute Gasteiger partial charge is 0.416 e. The highest BCUT2D eigenvalue weighted by molar-refractivity contribution is 6.74. The second-order valence-corrected chi connectivity index (χ2v) is 15.8. The Morgan fingerprint density at radius 1 is 1.20 bits per heavy atom. The van der Waals surface area contributed by atoms with Crippen LogP contribution in [0.2, 0.25) is 23.3 Å². The number of pyridine rings is 1.